The molecule has 5 rings (SSSR count). The summed E-state index contributed by atoms with van der Waals surface area (Å²) in [5.74, 6) is 0.0820. The largest absolute Gasteiger partial charge is 0.872 e. The Hall–Kier alpha value is -3.56. The lowest BCUT2D eigenvalue weighted by atomic mass is 9.94. The number of Topliss-reactive ketones (excluding diaryl/α,β-unsaturated/α-hetero) is 1. The minimum absolute atomic E-state index is 0.0206. The Balaban J connectivity index is 1.51. The van der Waals surface area contributed by atoms with Crippen LogP contribution < -0.4 is 24.2 Å². The van der Waals surface area contributed by atoms with Gasteiger partial charge in [0.1, 0.15) is 24.9 Å². The van der Waals surface area contributed by atoms with E-state index in [1.165, 1.54) is 4.90 Å². The number of carbonyl (C=O) groups is 2. The number of nitrogens with one attached hydrogen (secondary N) is 1. The van der Waals surface area contributed by atoms with Gasteiger partial charge in [0.2, 0.25) is 5.78 Å². The van der Waals surface area contributed by atoms with E-state index < -0.39 is 23.5 Å². The molecule has 2 aromatic rings. The van der Waals surface area contributed by atoms with Crippen molar-refractivity contribution in [1.82, 2.24) is 4.90 Å². The van der Waals surface area contributed by atoms with Crippen LogP contribution in [0, 0.1) is 0 Å². The van der Waals surface area contributed by atoms with Gasteiger partial charge in [0, 0.05) is 25.0 Å². The molecule has 226 valence electrons. The third kappa shape index (κ3) is 6.42. The predicted molar refractivity (Wildman–Crippen MR) is 156 cm³/mol. The third-order valence-corrected chi connectivity index (χ3v) is 8.16. The summed E-state index contributed by atoms with van der Waals surface area (Å²) in [5, 5.41) is 14.0. The molecule has 2 saturated heterocycles. The number of nitrogens with zero attached hydrogens (tertiary/aromatic N) is 1. The number of unbranched alkanes of at least 4 members (excludes halogenated alkanes) is 1. The molecule has 9 nitrogen and oxygen atoms in total. The van der Waals surface area contributed by atoms with E-state index in [-0.39, 0.29) is 11.7 Å². The number of fused-ring (bicyclic) bond motifs is 1. The van der Waals surface area contributed by atoms with Gasteiger partial charge in [-0.2, -0.15) is 0 Å². The quantitative estimate of drug-likeness (QED) is 0.178. The van der Waals surface area contributed by atoms with Gasteiger partial charge in [-0.3, -0.25) is 9.59 Å². The highest BCUT2D eigenvalue weighted by atomic mass is 16.5. The van der Waals surface area contributed by atoms with Gasteiger partial charge in [0.05, 0.1) is 39.0 Å². The molecule has 2 aromatic carbocycles. The summed E-state index contributed by atoms with van der Waals surface area (Å²) in [6, 6.07) is 9.91. The normalized spacial score (nSPS) is 21.8. The van der Waals surface area contributed by atoms with Crippen molar-refractivity contribution in [3.63, 3.8) is 0 Å². The molecular weight excluding hydrogens is 536 g/mol. The van der Waals surface area contributed by atoms with Crippen LogP contribution >= 0.6 is 0 Å². The lowest BCUT2D eigenvalue weighted by molar-refractivity contribution is -0.908. The molecule has 3 aliphatic heterocycles. The van der Waals surface area contributed by atoms with Crippen LogP contribution in [-0.4, -0.2) is 75.3 Å². The molecule has 0 aromatic heterocycles. The molecule has 2 unspecified atom stereocenters. The van der Waals surface area contributed by atoms with Gasteiger partial charge in [-0.05, 0) is 61.2 Å². The van der Waals surface area contributed by atoms with E-state index in [4.69, 9.17) is 18.9 Å². The molecule has 3 heterocycles. The number of hydrogen-bond acceptors (Lipinski definition) is 7. The van der Waals surface area contributed by atoms with E-state index >= 15 is 0 Å². The summed E-state index contributed by atoms with van der Waals surface area (Å²) in [6.07, 6.45) is 3.34. The second kappa shape index (κ2) is 13.6. The standard InChI is InChI=1S/C33H42N2O7/c1-4-6-16-41-27-11-8-23(21-28(27)40-5-2)30-29(31(36)24-9-10-26-25(20-24)19-22(3)42-26)32(37)33(38)35(30)13-7-12-34-14-17-39-18-15-34/h8-11,20-22,30,36H,4-7,12-19H2,1-3H3. The summed E-state index contributed by atoms with van der Waals surface area (Å²) in [7, 11) is 0. The van der Waals surface area contributed by atoms with E-state index in [2.05, 4.69) is 6.92 Å². The smallest absolute Gasteiger partial charge is 0.295 e. The summed E-state index contributed by atoms with van der Waals surface area (Å²) in [6.45, 7) is 11.5. The van der Waals surface area contributed by atoms with Crippen LogP contribution in [-0.2, 0) is 20.7 Å². The molecule has 42 heavy (non-hydrogen) atoms. The summed E-state index contributed by atoms with van der Waals surface area (Å²) >= 11 is 0. The number of amides is 1. The van der Waals surface area contributed by atoms with Crippen LogP contribution in [0.5, 0.6) is 17.2 Å². The lowest BCUT2D eigenvalue weighted by Gasteiger charge is -2.29. The van der Waals surface area contributed by atoms with Gasteiger partial charge in [-0.1, -0.05) is 31.2 Å². The average molecular weight is 579 g/mol. The Bertz CT molecular complexity index is 1320. The SMILES string of the molecule is CCCCOc1ccc(C2C(=C([O-])c3ccc4c(c3)CC(C)O4)C(=O)C(=O)N2CCC[NH+]2CCOCC2)cc1OCC. The van der Waals surface area contributed by atoms with Gasteiger partial charge in [0.25, 0.3) is 5.91 Å². The third-order valence-electron chi connectivity index (χ3n) is 8.16. The first-order valence-corrected chi connectivity index (χ1v) is 15.3. The molecule has 0 aliphatic carbocycles. The average Bonchev–Trinajstić information content (AvgIpc) is 3.49. The van der Waals surface area contributed by atoms with Crippen molar-refractivity contribution in [3.05, 3.63) is 58.7 Å². The molecule has 0 spiro atoms. The minimum atomic E-state index is -0.815. The van der Waals surface area contributed by atoms with Gasteiger partial charge in [-0.25, -0.2) is 0 Å². The van der Waals surface area contributed by atoms with Gasteiger partial charge in [0.15, 0.2) is 11.5 Å². The molecule has 0 bridgehead atoms. The second-order valence-electron chi connectivity index (χ2n) is 11.2. The van der Waals surface area contributed by atoms with Gasteiger partial charge < -0.3 is 33.9 Å². The maximum absolute atomic E-state index is 14.0. The highest BCUT2D eigenvalue weighted by molar-refractivity contribution is 6.46. The van der Waals surface area contributed by atoms with Crippen molar-refractivity contribution in [3.8, 4) is 17.2 Å². The number of quaternary nitrogens is 1. The zero-order valence-corrected chi connectivity index (χ0v) is 24.9. The Morgan fingerprint density at radius 3 is 2.62 bits per heavy atom. The number of rotatable bonds is 12. The highest BCUT2D eigenvalue weighted by Crippen LogP contribution is 2.42. The van der Waals surface area contributed by atoms with Crippen LogP contribution in [0.1, 0.15) is 62.8 Å². The van der Waals surface area contributed by atoms with Crippen LogP contribution in [0.15, 0.2) is 42.0 Å². The predicted octanol–water partition coefficient (Wildman–Crippen LogP) is 2.12. The highest BCUT2D eigenvalue weighted by Gasteiger charge is 2.44. The van der Waals surface area contributed by atoms with Gasteiger partial charge >= 0.3 is 0 Å². The summed E-state index contributed by atoms with van der Waals surface area (Å²) in [4.78, 5) is 30.0. The topological polar surface area (TPSA) is 102 Å². The lowest BCUT2D eigenvalue weighted by Crippen LogP contribution is -3.14. The second-order valence-corrected chi connectivity index (χ2v) is 11.2. The number of hydrogen-bond donors (Lipinski definition) is 1. The summed E-state index contributed by atoms with van der Waals surface area (Å²) < 4.78 is 23.2. The minimum Gasteiger partial charge on any atom is -0.872 e. The van der Waals surface area contributed by atoms with Gasteiger partial charge in [-0.15, -0.1) is 0 Å². The molecule has 2 atom stereocenters. The fourth-order valence-electron chi connectivity index (χ4n) is 5.98. The van der Waals surface area contributed by atoms with Crippen LogP contribution in [0.2, 0.25) is 0 Å². The van der Waals surface area contributed by atoms with Crippen molar-refractivity contribution < 1.29 is 38.5 Å². The number of benzene rings is 2. The molecule has 1 amide bonds. The fraction of sp³-hybridized carbons (Fsp3) is 0.515. The maximum Gasteiger partial charge on any atom is 0.295 e. The number of ether oxygens (including phenoxy) is 4. The number of ketones is 1. The Morgan fingerprint density at radius 2 is 1.86 bits per heavy atom. The van der Waals surface area contributed by atoms with Crippen molar-refractivity contribution in [2.45, 2.75) is 58.6 Å². The van der Waals surface area contributed by atoms with Crippen LogP contribution in [0.4, 0.5) is 0 Å². The van der Waals surface area contributed by atoms with E-state index in [1.54, 1.807) is 23.1 Å². The fourth-order valence-corrected chi connectivity index (χ4v) is 5.98. The van der Waals surface area contributed by atoms with E-state index in [9.17, 15) is 14.7 Å². The maximum atomic E-state index is 14.0. The molecule has 9 heteroatoms. The number of carbonyl (C=O) groups excluding carboxylic acids is 2. The molecular formula is C33H42N2O7. The van der Waals surface area contributed by atoms with Crippen LogP contribution in [0.3, 0.4) is 0 Å². The molecule has 1 N–H and O–H groups in total. The first-order valence-electron chi connectivity index (χ1n) is 15.3. The molecule has 0 radical (unpaired) electrons. The van der Waals surface area contributed by atoms with Crippen molar-refractivity contribution in [2.24, 2.45) is 0 Å². The number of morpholine rings is 1. The molecule has 0 saturated carbocycles. The zero-order chi connectivity index (χ0) is 29.6. The van der Waals surface area contributed by atoms with E-state index in [1.807, 2.05) is 32.0 Å². The molecule has 2 fully saturated rings. The Kier molecular flexibility index (Phi) is 9.69. The molecule has 3 aliphatic rings. The van der Waals surface area contributed by atoms with Crippen molar-refractivity contribution in [1.29, 1.82) is 0 Å². The monoisotopic (exact) mass is 578 g/mol. The van der Waals surface area contributed by atoms with Crippen LogP contribution in [0.25, 0.3) is 5.76 Å². The zero-order valence-electron chi connectivity index (χ0n) is 24.9. The van der Waals surface area contributed by atoms with Crippen molar-refractivity contribution >= 4 is 17.4 Å². The number of likely N-dealkylation sites (tertiary alicyclic amines) is 1. The van der Waals surface area contributed by atoms with E-state index in [0.717, 1.165) is 57.0 Å². The Morgan fingerprint density at radius 1 is 1.05 bits per heavy atom. The van der Waals surface area contributed by atoms with Crippen molar-refractivity contribution in [2.75, 3.05) is 52.6 Å². The first kappa shape index (κ1) is 29.9. The Labute approximate surface area is 248 Å². The van der Waals surface area contributed by atoms with E-state index in [0.29, 0.717) is 55.2 Å². The summed E-state index contributed by atoms with van der Waals surface area (Å²) in [5.41, 5.74) is 1.95. The first-order chi connectivity index (χ1) is 20.4.